The molecular weight excluding hydrogens is 260 g/mol. The van der Waals surface area contributed by atoms with Gasteiger partial charge in [-0.3, -0.25) is 0 Å². The van der Waals surface area contributed by atoms with Crippen LogP contribution in [0.4, 0.5) is 0 Å². The van der Waals surface area contributed by atoms with Crippen LogP contribution in [0.2, 0.25) is 0 Å². The number of hydrogen-bond acceptors (Lipinski definition) is 3. The summed E-state index contributed by atoms with van der Waals surface area (Å²) in [5.41, 5.74) is 2.21. The molecule has 0 amide bonds. The van der Waals surface area contributed by atoms with Gasteiger partial charge >= 0.3 is 0 Å². The normalized spacial score (nSPS) is 11.4. The quantitative estimate of drug-likeness (QED) is 0.731. The second-order valence-corrected chi connectivity index (χ2v) is 4.45. The number of nitrogens with zero attached hydrogens (tertiary/aromatic N) is 4. The van der Waals surface area contributed by atoms with Crippen molar-refractivity contribution in [2.45, 2.75) is 0 Å². The van der Waals surface area contributed by atoms with Crippen LogP contribution in [-0.2, 0) is 0 Å². The zero-order chi connectivity index (χ0) is 14.3. The molecule has 0 fully saturated rings. The van der Waals surface area contributed by atoms with Crippen LogP contribution in [-0.4, -0.2) is 20.2 Å². The molecule has 0 atom stereocenters. The molecule has 0 N–H and O–H groups in total. The van der Waals surface area contributed by atoms with E-state index in [4.69, 9.17) is 0 Å². The van der Waals surface area contributed by atoms with E-state index in [0.29, 0.717) is 5.82 Å². The molecule has 0 unspecified atom stereocenters. The predicted molar refractivity (Wildman–Crippen MR) is 84.9 cm³/mol. The molecule has 3 aromatic rings. The fourth-order valence-electron chi connectivity index (χ4n) is 1.87. The lowest BCUT2D eigenvalue weighted by Crippen LogP contribution is -1.92. The third-order valence-corrected chi connectivity index (χ3v) is 2.95. The molecule has 0 spiro atoms. The van der Waals surface area contributed by atoms with Crippen LogP contribution in [0.25, 0.3) is 24.4 Å². The Morgan fingerprint density at radius 1 is 0.714 bits per heavy atom. The van der Waals surface area contributed by atoms with Gasteiger partial charge in [0.1, 0.15) is 0 Å². The Kier molecular flexibility index (Phi) is 3.98. The molecule has 4 heteroatoms. The van der Waals surface area contributed by atoms with Crippen LogP contribution >= 0.6 is 0 Å². The number of aromatic nitrogens is 4. The topological polar surface area (TPSA) is 43.6 Å². The second kappa shape index (κ2) is 6.43. The van der Waals surface area contributed by atoms with Gasteiger partial charge in [0.15, 0.2) is 5.82 Å². The number of hydrogen-bond donors (Lipinski definition) is 0. The summed E-state index contributed by atoms with van der Waals surface area (Å²) in [6.45, 7) is 0. The van der Waals surface area contributed by atoms with Gasteiger partial charge in [-0.25, -0.2) is 4.68 Å². The van der Waals surface area contributed by atoms with Crippen molar-refractivity contribution in [2.24, 2.45) is 0 Å². The minimum atomic E-state index is 0.686. The summed E-state index contributed by atoms with van der Waals surface area (Å²) < 4.78 is 1.65. The highest BCUT2D eigenvalue weighted by Crippen LogP contribution is 2.07. The summed E-state index contributed by atoms with van der Waals surface area (Å²) in [6, 6.07) is 20.1. The van der Waals surface area contributed by atoms with Crippen molar-refractivity contribution in [3.05, 3.63) is 77.6 Å². The zero-order valence-corrected chi connectivity index (χ0v) is 11.4. The fourth-order valence-corrected chi connectivity index (χ4v) is 1.87. The van der Waals surface area contributed by atoms with Crippen LogP contribution in [0.3, 0.4) is 0 Å². The first-order chi connectivity index (χ1) is 10.4. The Balaban J connectivity index is 1.78. The Labute approximate surface area is 123 Å². The van der Waals surface area contributed by atoms with E-state index in [1.165, 1.54) is 0 Å². The van der Waals surface area contributed by atoms with E-state index in [2.05, 4.69) is 15.5 Å². The lowest BCUT2D eigenvalue weighted by molar-refractivity contribution is 0.818. The zero-order valence-electron chi connectivity index (χ0n) is 11.4. The summed E-state index contributed by atoms with van der Waals surface area (Å²) in [5, 5.41) is 11.7. The molecule has 0 radical (unpaired) electrons. The first-order valence-corrected chi connectivity index (χ1v) is 6.66. The molecule has 0 bridgehead atoms. The monoisotopic (exact) mass is 274 g/mol. The second-order valence-electron chi connectivity index (χ2n) is 4.45. The summed E-state index contributed by atoms with van der Waals surface area (Å²) >= 11 is 0. The van der Waals surface area contributed by atoms with Crippen molar-refractivity contribution in [2.75, 3.05) is 0 Å². The standard InChI is InChI=1S/C17H14N4/c1-3-7-15(8-4-1)11-12-17-18-19-20-21(17)14-13-16-9-5-2-6-10-16/h1-14H/b12-11+,14-13+. The average molecular weight is 274 g/mol. The molecule has 21 heavy (non-hydrogen) atoms. The Morgan fingerprint density at radius 2 is 1.33 bits per heavy atom. The molecule has 102 valence electrons. The third-order valence-electron chi connectivity index (χ3n) is 2.95. The molecule has 0 aliphatic carbocycles. The van der Waals surface area contributed by atoms with Crippen molar-refractivity contribution in [1.82, 2.24) is 20.2 Å². The van der Waals surface area contributed by atoms with Gasteiger partial charge < -0.3 is 0 Å². The Bertz CT molecular complexity index is 679. The molecule has 0 saturated heterocycles. The summed E-state index contributed by atoms with van der Waals surface area (Å²) in [6.07, 6.45) is 7.69. The predicted octanol–water partition coefficient (Wildman–Crippen LogP) is 3.47. The number of rotatable bonds is 4. The smallest absolute Gasteiger partial charge is 0.179 e. The maximum absolute atomic E-state index is 4.01. The number of tetrazole rings is 1. The van der Waals surface area contributed by atoms with Gasteiger partial charge in [-0.15, -0.1) is 5.10 Å². The molecule has 3 rings (SSSR count). The highest BCUT2D eigenvalue weighted by atomic mass is 15.5. The van der Waals surface area contributed by atoms with Crippen LogP contribution < -0.4 is 0 Å². The molecular formula is C17H14N4. The Morgan fingerprint density at radius 3 is 2.00 bits per heavy atom. The van der Waals surface area contributed by atoms with Crippen LogP contribution in [0.15, 0.2) is 60.7 Å². The molecule has 2 aromatic carbocycles. The van der Waals surface area contributed by atoms with Gasteiger partial charge in [0.05, 0.1) is 0 Å². The average Bonchev–Trinajstić information content (AvgIpc) is 3.00. The first-order valence-electron chi connectivity index (χ1n) is 6.66. The number of benzene rings is 2. The minimum absolute atomic E-state index is 0.686. The molecule has 0 saturated carbocycles. The van der Waals surface area contributed by atoms with Crippen molar-refractivity contribution in [1.29, 1.82) is 0 Å². The van der Waals surface area contributed by atoms with Crippen LogP contribution in [0.1, 0.15) is 17.0 Å². The van der Waals surface area contributed by atoms with E-state index in [9.17, 15) is 0 Å². The highest BCUT2D eigenvalue weighted by molar-refractivity contribution is 5.68. The van der Waals surface area contributed by atoms with Gasteiger partial charge in [-0.2, -0.15) is 0 Å². The molecule has 0 aliphatic rings. The summed E-state index contributed by atoms with van der Waals surface area (Å²) in [5.74, 6) is 0.686. The van der Waals surface area contributed by atoms with Gasteiger partial charge in [0, 0.05) is 6.20 Å². The largest absolute Gasteiger partial charge is 0.201 e. The van der Waals surface area contributed by atoms with Gasteiger partial charge in [0.25, 0.3) is 0 Å². The summed E-state index contributed by atoms with van der Waals surface area (Å²) in [7, 11) is 0. The third kappa shape index (κ3) is 3.51. The van der Waals surface area contributed by atoms with Crippen molar-refractivity contribution < 1.29 is 0 Å². The maximum atomic E-state index is 4.01. The van der Waals surface area contributed by atoms with Crippen LogP contribution in [0, 0.1) is 0 Å². The van der Waals surface area contributed by atoms with E-state index in [1.807, 2.05) is 85.1 Å². The molecule has 0 aliphatic heterocycles. The van der Waals surface area contributed by atoms with Gasteiger partial charge in [-0.05, 0) is 33.7 Å². The lowest BCUT2D eigenvalue weighted by Gasteiger charge is -1.95. The minimum Gasteiger partial charge on any atom is -0.201 e. The van der Waals surface area contributed by atoms with Gasteiger partial charge in [0.2, 0.25) is 0 Å². The maximum Gasteiger partial charge on any atom is 0.179 e. The first kappa shape index (κ1) is 13.0. The van der Waals surface area contributed by atoms with Crippen molar-refractivity contribution in [3.63, 3.8) is 0 Å². The molecule has 1 aromatic heterocycles. The van der Waals surface area contributed by atoms with E-state index in [1.54, 1.807) is 4.68 Å². The van der Waals surface area contributed by atoms with Gasteiger partial charge in [-0.1, -0.05) is 66.7 Å². The lowest BCUT2D eigenvalue weighted by atomic mass is 10.2. The molecule has 1 heterocycles. The molecule has 4 nitrogen and oxygen atoms in total. The fraction of sp³-hybridized carbons (Fsp3) is 0. The van der Waals surface area contributed by atoms with E-state index in [-0.39, 0.29) is 0 Å². The highest BCUT2D eigenvalue weighted by Gasteiger charge is 1.98. The van der Waals surface area contributed by atoms with E-state index < -0.39 is 0 Å². The van der Waals surface area contributed by atoms with Crippen molar-refractivity contribution in [3.8, 4) is 0 Å². The summed E-state index contributed by atoms with van der Waals surface area (Å²) in [4.78, 5) is 0. The van der Waals surface area contributed by atoms with Crippen molar-refractivity contribution >= 4 is 24.4 Å². The van der Waals surface area contributed by atoms with E-state index in [0.717, 1.165) is 11.1 Å². The Hall–Kier alpha value is -3.01. The van der Waals surface area contributed by atoms with Crippen LogP contribution in [0.5, 0.6) is 0 Å². The van der Waals surface area contributed by atoms with E-state index >= 15 is 0 Å². The SMILES string of the molecule is C(=C\c1nnnn1/C=C/c1ccccc1)/c1ccccc1.